The van der Waals surface area contributed by atoms with Gasteiger partial charge in [0.05, 0.1) is 0 Å². The second-order valence-corrected chi connectivity index (χ2v) is 5.54. The average molecular weight is 212 g/mol. The maximum atomic E-state index is 2.29. The largest absolute Gasteiger partial charge is 0.211 e. The summed E-state index contributed by atoms with van der Waals surface area (Å²) in [5.41, 5.74) is 0. The Morgan fingerprint density at radius 1 is 0.571 bits per heavy atom. The average Bonchev–Trinajstić information content (AvgIpc) is 2.21. The van der Waals surface area contributed by atoms with Crippen molar-refractivity contribution in [3.63, 3.8) is 0 Å². The minimum Gasteiger partial charge on any atom is -0.101 e. The van der Waals surface area contributed by atoms with Gasteiger partial charge in [0, 0.05) is 0 Å². The molecule has 0 aromatic rings. The van der Waals surface area contributed by atoms with Crippen molar-refractivity contribution in [3.05, 3.63) is 0 Å². The molecule has 0 nitrogen and oxygen atoms in total. The Bertz CT molecular complexity index is 79.2. The second kappa shape index (κ2) is 13.5. The fraction of sp³-hybridized carbons (Fsp3) is 1.00. The number of rotatable bonds is 11. The van der Waals surface area contributed by atoms with Crippen LogP contribution in [-0.2, 0) is 0 Å². The van der Waals surface area contributed by atoms with Gasteiger partial charge in [-0.15, -0.1) is 5.28 Å². The van der Waals surface area contributed by atoms with E-state index in [1.807, 2.05) is 0 Å². The molecule has 84 valence electrons. The van der Waals surface area contributed by atoms with Crippen LogP contribution < -0.4 is 0 Å². The Hall–Kier alpha value is 0.532. The van der Waals surface area contributed by atoms with Crippen LogP contribution in [0.1, 0.15) is 77.6 Å². The summed E-state index contributed by atoms with van der Waals surface area (Å²) < 4.78 is 0. The van der Waals surface area contributed by atoms with Crippen LogP contribution in [-0.4, -0.2) is 16.3 Å². The highest BCUT2D eigenvalue weighted by atomic mass is 27.0. The van der Waals surface area contributed by atoms with E-state index in [0.29, 0.717) is 0 Å². The molecule has 0 rings (SSSR count). The van der Waals surface area contributed by atoms with Crippen molar-refractivity contribution < 1.29 is 0 Å². The molecule has 1 heteroatoms. The highest BCUT2D eigenvalue weighted by molar-refractivity contribution is 6.08. The quantitative estimate of drug-likeness (QED) is 0.353. The summed E-state index contributed by atoms with van der Waals surface area (Å²) in [5.74, 6) is 0. The van der Waals surface area contributed by atoms with Gasteiger partial charge >= 0.3 is 0 Å². The van der Waals surface area contributed by atoms with Gasteiger partial charge in [-0.1, -0.05) is 77.6 Å². The highest BCUT2D eigenvalue weighted by Crippen LogP contribution is 2.11. The molecule has 0 aromatic heterocycles. The van der Waals surface area contributed by atoms with Gasteiger partial charge < -0.3 is 0 Å². The smallest absolute Gasteiger partial charge is 0.101 e. The maximum absolute atomic E-state index is 2.29. The number of hydrogen-bond acceptors (Lipinski definition) is 0. The zero-order chi connectivity index (χ0) is 10.5. The summed E-state index contributed by atoms with van der Waals surface area (Å²) in [4.78, 5) is 0. The van der Waals surface area contributed by atoms with Crippen LogP contribution in [0.3, 0.4) is 0 Å². The molecule has 0 heterocycles. The van der Waals surface area contributed by atoms with Crippen molar-refractivity contribution in [2.75, 3.05) is 0 Å². The molecule has 0 aliphatic rings. The Balaban J connectivity index is 2.78. The van der Waals surface area contributed by atoms with E-state index in [0.717, 1.165) is 0 Å². The van der Waals surface area contributed by atoms with Crippen molar-refractivity contribution >= 4 is 16.3 Å². The Morgan fingerprint density at radius 2 is 0.929 bits per heavy atom. The molecule has 0 N–H and O–H groups in total. The molecule has 0 saturated carbocycles. The molecule has 0 radical (unpaired) electrons. The van der Waals surface area contributed by atoms with E-state index in [4.69, 9.17) is 0 Å². The van der Waals surface area contributed by atoms with E-state index in [1.165, 1.54) is 92.2 Å². The van der Waals surface area contributed by atoms with Gasteiger partial charge in [-0.2, -0.15) is 0 Å². The van der Waals surface area contributed by atoms with Crippen molar-refractivity contribution in [1.82, 2.24) is 0 Å². The van der Waals surface area contributed by atoms with Gasteiger partial charge in [-0.05, 0) is 0 Å². The van der Waals surface area contributed by atoms with E-state index in [2.05, 4.69) is 6.92 Å². The minimum absolute atomic E-state index is 1.38. The Morgan fingerprint density at radius 3 is 1.29 bits per heavy atom. The molecule has 0 fully saturated rings. The summed E-state index contributed by atoms with van der Waals surface area (Å²) in [6.45, 7) is 2.29. The predicted octanol–water partition coefficient (Wildman–Crippen LogP) is 4.35. The van der Waals surface area contributed by atoms with E-state index in [-0.39, 0.29) is 0 Å². The summed E-state index contributed by atoms with van der Waals surface area (Å²) >= 11 is 1.41. The van der Waals surface area contributed by atoms with Gasteiger partial charge in [0.1, 0.15) is 0 Å². The summed E-state index contributed by atoms with van der Waals surface area (Å²) in [6, 6.07) is 0. The summed E-state index contributed by atoms with van der Waals surface area (Å²) in [7, 11) is 0. The first-order valence-corrected chi connectivity index (χ1v) is 8.33. The van der Waals surface area contributed by atoms with Gasteiger partial charge in [0.15, 0.2) is 0 Å². The van der Waals surface area contributed by atoms with Crippen molar-refractivity contribution in [1.29, 1.82) is 0 Å². The summed E-state index contributed by atoms with van der Waals surface area (Å²) in [6.07, 6.45) is 16.2. The number of hydrogen-bond donors (Lipinski definition) is 0. The zero-order valence-electron chi connectivity index (χ0n) is 10.5. The lowest BCUT2D eigenvalue weighted by atomic mass is 10.1. The van der Waals surface area contributed by atoms with Crippen LogP contribution in [0.4, 0.5) is 0 Å². The highest BCUT2D eigenvalue weighted by Gasteiger charge is 1.91. The van der Waals surface area contributed by atoms with E-state index >= 15 is 0 Å². The second-order valence-electron chi connectivity index (χ2n) is 4.54. The number of unbranched alkanes of at least 4 members (excludes halogenated alkanes) is 10. The molecule has 0 spiro atoms. The lowest BCUT2D eigenvalue weighted by Gasteiger charge is -2.01. The van der Waals surface area contributed by atoms with Crippen LogP contribution in [0.2, 0.25) is 5.28 Å². The summed E-state index contributed by atoms with van der Waals surface area (Å²) in [5, 5.41) is 1.51. The maximum Gasteiger partial charge on any atom is 0.211 e. The monoisotopic (exact) mass is 212 g/mol. The molecule has 0 aromatic carbocycles. The van der Waals surface area contributed by atoms with Crippen LogP contribution in [0.5, 0.6) is 0 Å². The SMILES string of the molecule is CCCCCCCCCCCC[CH2][AlH2]. The molecule has 0 atom stereocenters. The molecule has 0 bridgehead atoms. The predicted molar refractivity (Wildman–Crippen MR) is 69.8 cm³/mol. The normalized spacial score (nSPS) is 10.6. The standard InChI is InChI=1S/C13H27.Al.2H/c1-3-5-7-9-11-13-12-10-8-6-4-2;;;/h1,3-13H2,2H3;;;. The van der Waals surface area contributed by atoms with Crippen molar-refractivity contribution in [2.45, 2.75) is 82.8 Å². The Kier molecular flexibility index (Phi) is 14.0. The zero-order valence-corrected chi connectivity index (χ0v) is 12.5. The fourth-order valence-electron chi connectivity index (χ4n) is 1.91. The van der Waals surface area contributed by atoms with Gasteiger partial charge in [-0.3, -0.25) is 0 Å². The third-order valence-corrected chi connectivity index (χ3v) is 3.66. The van der Waals surface area contributed by atoms with Gasteiger partial charge in [-0.25, -0.2) is 0 Å². The molecule has 0 saturated heterocycles. The first-order valence-electron chi connectivity index (χ1n) is 6.91. The van der Waals surface area contributed by atoms with Crippen LogP contribution in [0.15, 0.2) is 0 Å². The third-order valence-electron chi connectivity index (χ3n) is 2.96. The van der Waals surface area contributed by atoms with Crippen LogP contribution in [0.25, 0.3) is 0 Å². The molecular weight excluding hydrogens is 183 g/mol. The third kappa shape index (κ3) is 12.5. The molecular formula is C13H29Al. The first-order chi connectivity index (χ1) is 6.91. The lowest BCUT2D eigenvalue weighted by Crippen LogP contribution is -1.81. The van der Waals surface area contributed by atoms with E-state index in [9.17, 15) is 0 Å². The molecule has 0 amide bonds. The van der Waals surface area contributed by atoms with Crippen LogP contribution >= 0.6 is 0 Å². The lowest BCUT2D eigenvalue weighted by molar-refractivity contribution is 0.554. The Labute approximate surface area is 99.3 Å². The van der Waals surface area contributed by atoms with E-state index in [1.54, 1.807) is 0 Å². The fourth-order valence-corrected chi connectivity index (χ4v) is 2.41. The van der Waals surface area contributed by atoms with Crippen molar-refractivity contribution in [3.8, 4) is 0 Å². The van der Waals surface area contributed by atoms with Gasteiger partial charge in [0.2, 0.25) is 16.3 Å². The topological polar surface area (TPSA) is 0 Å². The van der Waals surface area contributed by atoms with Crippen molar-refractivity contribution in [2.24, 2.45) is 0 Å². The van der Waals surface area contributed by atoms with E-state index < -0.39 is 0 Å². The van der Waals surface area contributed by atoms with Crippen LogP contribution in [0, 0.1) is 0 Å². The molecule has 0 aliphatic carbocycles. The first kappa shape index (κ1) is 14.5. The minimum atomic E-state index is 1.38. The molecule has 0 aliphatic heterocycles. The van der Waals surface area contributed by atoms with Gasteiger partial charge in [0.25, 0.3) is 0 Å². The molecule has 14 heavy (non-hydrogen) atoms. The molecule has 0 unspecified atom stereocenters.